The lowest BCUT2D eigenvalue weighted by molar-refractivity contribution is -0.184. The lowest BCUT2D eigenvalue weighted by Gasteiger charge is -2.31. The number of methoxy groups -OCH3 is 1. The Labute approximate surface area is 181 Å². The van der Waals surface area contributed by atoms with Crippen molar-refractivity contribution in [2.75, 3.05) is 19.5 Å². The largest absolute Gasteiger partial charge is 0.497 e. The van der Waals surface area contributed by atoms with Crippen molar-refractivity contribution in [3.8, 4) is 5.75 Å². The average molecular weight is 426 g/mol. The maximum Gasteiger partial charge on any atom is 0.188 e. The minimum atomic E-state index is -0.726. The highest BCUT2D eigenvalue weighted by atomic mass is 32.2. The Morgan fingerprint density at radius 1 is 1.17 bits per heavy atom. The van der Waals surface area contributed by atoms with Crippen LogP contribution in [0.15, 0.2) is 72.1 Å². The van der Waals surface area contributed by atoms with E-state index in [1.54, 1.807) is 31.4 Å². The van der Waals surface area contributed by atoms with Crippen LogP contribution in [0.4, 0.5) is 5.69 Å². The predicted molar refractivity (Wildman–Crippen MR) is 118 cm³/mol. The highest BCUT2D eigenvalue weighted by Gasteiger charge is 2.48. The third-order valence-electron chi connectivity index (χ3n) is 5.15. The van der Waals surface area contributed by atoms with Crippen LogP contribution in [0.5, 0.6) is 5.75 Å². The first-order valence-electron chi connectivity index (χ1n) is 9.95. The maximum atomic E-state index is 6.65. The van der Waals surface area contributed by atoms with Crippen molar-refractivity contribution < 1.29 is 14.2 Å². The van der Waals surface area contributed by atoms with E-state index in [1.807, 2.05) is 47.2 Å². The molecule has 2 atom stereocenters. The first-order chi connectivity index (χ1) is 14.5. The van der Waals surface area contributed by atoms with E-state index in [0.717, 1.165) is 29.2 Å². The summed E-state index contributed by atoms with van der Waals surface area (Å²) in [6.07, 6.45) is 7.07. The number of anilines is 1. The van der Waals surface area contributed by atoms with Gasteiger partial charge in [-0.3, -0.25) is 0 Å². The molecule has 30 heavy (non-hydrogen) atoms. The fourth-order valence-corrected chi connectivity index (χ4v) is 4.70. The molecule has 2 aromatic carbocycles. The molecular formula is C23H27N3O3S. The van der Waals surface area contributed by atoms with Crippen LogP contribution in [0.1, 0.15) is 18.9 Å². The predicted octanol–water partition coefficient (Wildman–Crippen LogP) is 4.36. The first kappa shape index (κ1) is 20.8. The highest BCUT2D eigenvalue weighted by Crippen LogP contribution is 2.45. The topological polar surface area (TPSA) is 71.5 Å². The molecule has 0 bridgehead atoms. The summed E-state index contributed by atoms with van der Waals surface area (Å²) >= 11 is 1.66. The van der Waals surface area contributed by atoms with Crippen molar-refractivity contribution in [3.63, 3.8) is 0 Å². The fourth-order valence-electron chi connectivity index (χ4n) is 3.62. The van der Waals surface area contributed by atoms with Crippen molar-refractivity contribution in [2.24, 2.45) is 0 Å². The second-order valence-corrected chi connectivity index (χ2v) is 9.23. The van der Waals surface area contributed by atoms with Crippen LogP contribution in [0, 0.1) is 0 Å². The zero-order valence-corrected chi connectivity index (χ0v) is 18.1. The lowest BCUT2D eigenvalue weighted by atomic mass is 10.0. The van der Waals surface area contributed by atoms with Crippen molar-refractivity contribution in [1.82, 2.24) is 9.55 Å². The molecule has 0 aliphatic carbocycles. The molecule has 1 aromatic heterocycles. The number of benzene rings is 2. The molecule has 0 spiro atoms. The summed E-state index contributed by atoms with van der Waals surface area (Å²) in [6, 6.07) is 16.0. The van der Waals surface area contributed by atoms with Gasteiger partial charge in [-0.2, -0.15) is 0 Å². The molecule has 1 saturated heterocycles. The van der Waals surface area contributed by atoms with Gasteiger partial charge in [0.15, 0.2) is 5.79 Å². The third-order valence-corrected chi connectivity index (χ3v) is 6.29. The van der Waals surface area contributed by atoms with E-state index in [0.29, 0.717) is 13.2 Å². The van der Waals surface area contributed by atoms with Gasteiger partial charge in [-0.15, -0.1) is 0 Å². The Balaban J connectivity index is 1.49. The number of nitrogens with two attached hydrogens (primary N) is 1. The van der Waals surface area contributed by atoms with E-state index in [2.05, 4.69) is 24.0 Å². The number of thioether (sulfide) groups is 1. The molecule has 2 heterocycles. The van der Waals surface area contributed by atoms with Crippen molar-refractivity contribution in [3.05, 3.63) is 72.8 Å². The van der Waals surface area contributed by atoms with E-state index in [9.17, 15) is 0 Å². The lowest BCUT2D eigenvalue weighted by Crippen LogP contribution is -2.38. The fraction of sp³-hybridized carbons (Fsp3) is 0.348. The summed E-state index contributed by atoms with van der Waals surface area (Å²) in [5.74, 6) is 0.128. The number of aryl methyl sites for hydroxylation is 1. The van der Waals surface area contributed by atoms with E-state index < -0.39 is 10.7 Å². The molecule has 0 amide bonds. The van der Waals surface area contributed by atoms with Crippen molar-refractivity contribution >= 4 is 17.4 Å². The number of ether oxygens (including phenoxy) is 3. The van der Waals surface area contributed by atoms with Gasteiger partial charge in [-0.25, -0.2) is 4.98 Å². The van der Waals surface area contributed by atoms with Gasteiger partial charge in [0.2, 0.25) is 0 Å². The molecular weight excluding hydrogens is 398 g/mol. The van der Waals surface area contributed by atoms with E-state index in [-0.39, 0.29) is 0 Å². The maximum absolute atomic E-state index is 6.65. The smallest absolute Gasteiger partial charge is 0.188 e. The summed E-state index contributed by atoms with van der Waals surface area (Å²) in [7, 11) is 1.68. The van der Waals surface area contributed by atoms with Crippen LogP contribution in [0.2, 0.25) is 0 Å². The van der Waals surface area contributed by atoms with E-state index >= 15 is 0 Å². The number of nitrogen functional groups attached to an aromatic ring is 1. The van der Waals surface area contributed by atoms with Gasteiger partial charge in [0.25, 0.3) is 0 Å². The number of rotatable bonds is 8. The molecule has 0 saturated carbocycles. The standard InChI is InChI=1S/C23H27N3O3S/c1-22(30-21-9-5-19(24)6-10-21)16-28-23(29-22,15-26-14-13-25-17-26)12-11-18-3-7-20(27-2)8-4-18/h3-10,13-14,17H,11-12,15-16,24H2,1-2H3. The summed E-state index contributed by atoms with van der Waals surface area (Å²) in [6.45, 7) is 3.16. The molecule has 1 fully saturated rings. The quantitative estimate of drug-likeness (QED) is 0.541. The Kier molecular flexibility index (Phi) is 6.04. The van der Waals surface area contributed by atoms with Crippen LogP contribution < -0.4 is 10.5 Å². The Morgan fingerprint density at radius 2 is 1.93 bits per heavy atom. The van der Waals surface area contributed by atoms with Gasteiger partial charge in [-0.05, 0) is 55.3 Å². The van der Waals surface area contributed by atoms with Crippen LogP contribution in [-0.2, 0) is 22.4 Å². The van der Waals surface area contributed by atoms with Crippen LogP contribution in [0.25, 0.3) is 0 Å². The highest BCUT2D eigenvalue weighted by molar-refractivity contribution is 8.00. The first-order valence-corrected chi connectivity index (χ1v) is 10.8. The third kappa shape index (κ3) is 4.98. The molecule has 1 aliphatic rings. The van der Waals surface area contributed by atoms with Gasteiger partial charge < -0.3 is 24.5 Å². The number of hydrogen-bond acceptors (Lipinski definition) is 6. The molecule has 4 rings (SSSR count). The molecule has 1 aliphatic heterocycles. The Morgan fingerprint density at radius 3 is 2.60 bits per heavy atom. The zero-order chi connectivity index (χ0) is 21.0. The molecule has 7 heteroatoms. The van der Waals surface area contributed by atoms with Gasteiger partial charge in [0, 0.05) is 29.4 Å². The average Bonchev–Trinajstić information content (AvgIpc) is 3.37. The summed E-state index contributed by atoms with van der Waals surface area (Å²) in [4.78, 5) is 4.78. The summed E-state index contributed by atoms with van der Waals surface area (Å²) in [5.41, 5.74) is 7.79. The molecule has 2 unspecified atom stereocenters. The number of aromatic nitrogens is 2. The summed E-state index contributed by atoms with van der Waals surface area (Å²) < 4.78 is 20.3. The minimum absolute atomic E-state index is 0.489. The Hall–Kier alpha value is -2.48. The minimum Gasteiger partial charge on any atom is -0.497 e. The normalized spacial score (nSPS) is 23.5. The second-order valence-electron chi connectivity index (χ2n) is 7.69. The Bertz CT molecular complexity index is 947. The number of imidazole rings is 1. The van der Waals surface area contributed by atoms with Crippen molar-refractivity contribution in [1.29, 1.82) is 0 Å². The van der Waals surface area contributed by atoms with Crippen LogP contribution in [-0.4, -0.2) is 34.0 Å². The SMILES string of the molecule is COc1ccc(CCC2(Cn3ccnc3)OCC(C)(Sc3ccc(N)cc3)O2)cc1. The molecule has 3 aromatic rings. The van der Waals surface area contributed by atoms with Gasteiger partial charge in [0.1, 0.15) is 10.7 Å². The van der Waals surface area contributed by atoms with Crippen molar-refractivity contribution in [2.45, 2.75) is 41.9 Å². The molecule has 158 valence electrons. The monoisotopic (exact) mass is 425 g/mol. The number of nitrogens with zero attached hydrogens (tertiary/aromatic N) is 2. The van der Waals surface area contributed by atoms with Gasteiger partial charge >= 0.3 is 0 Å². The van der Waals surface area contributed by atoms with E-state index in [4.69, 9.17) is 19.9 Å². The van der Waals surface area contributed by atoms with Gasteiger partial charge in [-0.1, -0.05) is 23.9 Å². The number of hydrogen-bond donors (Lipinski definition) is 1. The molecule has 2 N–H and O–H groups in total. The summed E-state index contributed by atoms with van der Waals surface area (Å²) in [5, 5.41) is 0. The zero-order valence-electron chi connectivity index (χ0n) is 17.3. The second kappa shape index (κ2) is 8.71. The van der Waals surface area contributed by atoms with E-state index in [1.165, 1.54) is 5.56 Å². The molecule has 0 radical (unpaired) electrons. The van der Waals surface area contributed by atoms with Crippen LogP contribution in [0.3, 0.4) is 0 Å². The van der Waals surface area contributed by atoms with Crippen LogP contribution >= 0.6 is 11.8 Å². The molecule has 6 nitrogen and oxygen atoms in total. The van der Waals surface area contributed by atoms with Gasteiger partial charge in [0.05, 0.1) is 26.6 Å².